The van der Waals surface area contributed by atoms with Gasteiger partial charge in [0.25, 0.3) is 0 Å². The number of methoxy groups -OCH3 is 1. The van der Waals surface area contributed by atoms with E-state index in [0.29, 0.717) is 0 Å². The van der Waals surface area contributed by atoms with Gasteiger partial charge in [-0.15, -0.1) is 0 Å². The van der Waals surface area contributed by atoms with Gasteiger partial charge in [0.05, 0.1) is 0 Å². The number of likely N-dealkylation sites (N-methyl/N-ethyl adjacent to an activating group) is 1. The maximum absolute atomic E-state index is 5.27. The molecule has 0 aliphatic rings. The summed E-state index contributed by atoms with van der Waals surface area (Å²) in [6, 6.07) is 10.2. The summed E-state index contributed by atoms with van der Waals surface area (Å²) in [4.78, 5) is 2.01. The first-order valence-corrected chi connectivity index (χ1v) is 4.66. The second-order valence-electron chi connectivity index (χ2n) is 3.36. The van der Waals surface area contributed by atoms with Crippen LogP contribution in [0.4, 0.5) is 0 Å². The molecule has 2 nitrogen and oxygen atoms in total. The van der Waals surface area contributed by atoms with Crippen LogP contribution in [0, 0.1) is 0 Å². The number of hydrogen-bond acceptors (Lipinski definition) is 2. The summed E-state index contributed by atoms with van der Waals surface area (Å²) in [7, 11) is 5.69. The molecule has 0 spiro atoms. The van der Waals surface area contributed by atoms with Crippen LogP contribution in [0.5, 0.6) is 0 Å². The van der Waals surface area contributed by atoms with Gasteiger partial charge in [-0.3, -0.25) is 4.90 Å². The number of rotatable bonds is 4. The summed E-state index contributed by atoms with van der Waals surface area (Å²) in [5.74, 6) is 0. The Bertz CT molecular complexity index is 280. The van der Waals surface area contributed by atoms with Crippen LogP contribution in [0.2, 0.25) is 0 Å². The Morgan fingerprint density at radius 2 is 1.86 bits per heavy atom. The van der Waals surface area contributed by atoms with Gasteiger partial charge in [-0.05, 0) is 25.7 Å². The Balaban J connectivity index is 2.63. The van der Waals surface area contributed by atoms with E-state index in [1.165, 1.54) is 5.56 Å². The van der Waals surface area contributed by atoms with Gasteiger partial charge in [-0.25, -0.2) is 0 Å². The highest BCUT2D eigenvalue weighted by atomic mass is 16.5. The van der Waals surface area contributed by atoms with Gasteiger partial charge in [0.2, 0.25) is 0 Å². The van der Waals surface area contributed by atoms with Crippen molar-refractivity contribution < 1.29 is 4.74 Å². The largest absolute Gasteiger partial charge is 0.363 e. The topological polar surface area (TPSA) is 12.5 Å². The number of benzene rings is 1. The zero-order valence-corrected chi connectivity index (χ0v) is 8.97. The molecule has 0 radical (unpaired) electrons. The molecule has 0 N–H and O–H groups in total. The lowest BCUT2D eigenvalue weighted by Gasteiger charge is -2.18. The Labute approximate surface area is 85.8 Å². The molecule has 0 saturated carbocycles. The maximum Gasteiger partial charge on any atom is 0.129 e. The number of hydrogen-bond donors (Lipinski definition) is 0. The monoisotopic (exact) mass is 191 g/mol. The van der Waals surface area contributed by atoms with E-state index < -0.39 is 0 Å². The highest BCUT2D eigenvalue weighted by Gasteiger charge is 2.03. The third-order valence-corrected chi connectivity index (χ3v) is 2.00. The van der Waals surface area contributed by atoms with E-state index in [2.05, 4.69) is 18.2 Å². The van der Waals surface area contributed by atoms with Crippen molar-refractivity contribution in [3.63, 3.8) is 0 Å². The molecule has 2 heteroatoms. The summed E-state index contributed by atoms with van der Waals surface area (Å²) < 4.78 is 5.27. The molecule has 0 heterocycles. The zero-order chi connectivity index (χ0) is 10.4. The first kappa shape index (κ1) is 11.0. The van der Waals surface area contributed by atoms with Gasteiger partial charge >= 0.3 is 0 Å². The predicted octanol–water partition coefficient (Wildman–Crippen LogP) is 2.23. The molecule has 1 atom stereocenters. The predicted molar refractivity (Wildman–Crippen MR) is 60.0 cm³/mol. The van der Waals surface area contributed by atoms with Crippen LogP contribution in [0.3, 0.4) is 0 Å². The fourth-order valence-electron chi connectivity index (χ4n) is 1.22. The van der Waals surface area contributed by atoms with Gasteiger partial charge in [0, 0.05) is 7.11 Å². The summed E-state index contributed by atoms with van der Waals surface area (Å²) in [5, 5.41) is 0. The normalized spacial score (nSPS) is 13.7. The fraction of sp³-hybridized carbons (Fsp3) is 0.333. The van der Waals surface area contributed by atoms with Crippen molar-refractivity contribution in [1.82, 2.24) is 4.90 Å². The molecule has 0 aromatic heterocycles. The molecular formula is C12H17NO. The van der Waals surface area contributed by atoms with Crippen LogP contribution in [0.1, 0.15) is 5.56 Å². The second-order valence-corrected chi connectivity index (χ2v) is 3.36. The first-order chi connectivity index (χ1) is 6.74. The molecule has 0 aliphatic carbocycles. The molecule has 0 amide bonds. The van der Waals surface area contributed by atoms with E-state index in [0.717, 1.165) is 0 Å². The van der Waals surface area contributed by atoms with Crippen LogP contribution < -0.4 is 0 Å². The molecule has 0 saturated heterocycles. The Morgan fingerprint density at radius 3 is 2.36 bits per heavy atom. The van der Waals surface area contributed by atoms with E-state index in [9.17, 15) is 0 Å². The average Bonchev–Trinajstić information content (AvgIpc) is 2.20. The van der Waals surface area contributed by atoms with Crippen LogP contribution in [0.25, 0.3) is 6.08 Å². The third kappa shape index (κ3) is 3.32. The van der Waals surface area contributed by atoms with Gasteiger partial charge in [-0.1, -0.05) is 36.4 Å². The van der Waals surface area contributed by atoms with Crippen molar-refractivity contribution in [2.45, 2.75) is 6.23 Å². The van der Waals surface area contributed by atoms with E-state index in [1.807, 2.05) is 43.3 Å². The molecule has 0 bridgehead atoms. The molecule has 1 unspecified atom stereocenters. The third-order valence-electron chi connectivity index (χ3n) is 2.00. The Kier molecular flexibility index (Phi) is 4.36. The maximum atomic E-state index is 5.27. The molecule has 1 rings (SSSR count). The van der Waals surface area contributed by atoms with Gasteiger partial charge < -0.3 is 4.74 Å². The van der Waals surface area contributed by atoms with Crippen molar-refractivity contribution in [1.29, 1.82) is 0 Å². The summed E-state index contributed by atoms with van der Waals surface area (Å²) in [6.07, 6.45) is 4.14. The number of ether oxygens (including phenoxy) is 1. The second kappa shape index (κ2) is 5.58. The molecule has 1 aromatic carbocycles. The SMILES string of the molecule is COC(C=Cc1ccccc1)N(C)C. The van der Waals surface area contributed by atoms with E-state index in [-0.39, 0.29) is 6.23 Å². The minimum absolute atomic E-state index is 0.0372. The van der Waals surface area contributed by atoms with Gasteiger partial charge in [-0.2, -0.15) is 0 Å². The summed E-state index contributed by atoms with van der Waals surface area (Å²) >= 11 is 0. The standard InChI is InChI=1S/C12H17NO/c1-13(2)12(14-3)10-9-11-7-5-4-6-8-11/h4-10,12H,1-3H3. The van der Waals surface area contributed by atoms with Gasteiger partial charge in [0.15, 0.2) is 0 Å². The summed E-state index contributed by atoms with van der Waals surface area (Å²) in [5.41, 5.74) is 1.19. The first-order valence-electron chi connectivity index (χ1n) is 4.66. The quantitative estimate of drug-likeness (QED) is 0.677. The van der Waals surface area contributed by atoms with Crippen molar-refractivity contribution in [3.8, 4) is 0 Å². The number of nitrogens with zero attached hydrogens (tertiary/aromatic N) is 1. The smallest absolute Gasteiger partial charge is 0.129 e. The van der Waals surface area contributed by atoms with E-state index in [1.54, 1.807) is 7.11 Å². The van der Waals surface area contributed by atoms with Crippen LogP contribution >= 0.6 is 0 Å². The van der Waals surface area contributed by atoms with Crippen molar-refractivity contribution in [2.24, 2.45) is 0 Å². The molecule has 1 aromatic rings. The van der Waals surface area contributed by atoms with E-state index in [4.69, 9.17) is 4.74 Å². The summed E-state index contributed by atoms with van der Waals surface area (Å²) in [6.45, 7) is 0. The van der Waals surface area contributed by atoms with Crippen LogP contribution in [-0.2, 0) is 4.74 Å². The minimum atomic E-state index is 0.0372. The molecule has 76 valence electrons. The lowest BCUT2D eigenvalue weighted by molar-refractivity contribution is 0.0348. The lowest BCUT2D eigenvalue weighted by atomic mass is 10.2. The van der Waals surface area contributed by atoms with Crippen molar-refractivity contribution in [2.75, 3.05) is 21.2 Å². The minimum Gasteiger partial charge on any atom is -0.363 e. The molecular weight excluding hydrogens is 174 g/mol. The van der Waals surface area contributed by atoms with Crippen LogP contribution in [-0.4, -0.2) is 32.3 Å². The van der Waals surface area contributed by atoms with E-state index >= 15 is 0 Å². The average molecular weight is 191 g/mol. The Morgan fingerprint density at radius 1 is 1.21 bits per heavy atom. The van der Waals surface area contributed by atoms with Gasteiger partial charge in [0.1, 0.15) is 6.23 Å². The highest BCUT2D eigenvalue weighted by molar-refractivity contribution is 5.49. The molecule has 0 fully saturated rings. The molecule has 14 heavy (non-hydrogen) atoms. The lowest BCUT2D eigenvalue weighted by Crippen LogP contribution is -2.27. The fourth-order valence-corrected chi connectivity index (χ4v) is 1.22. The zero-order valence-electron chi connectivity index (χ0n) is 8.97. The highest BCUT2D eigenvalue weighted by Crippen LogP contribution is 2.04. The van der Waals surface area contributed by atoms with Crippen LogP contribution in [0.15, 0.2) is 36.4 Å². The Hall–Kier alpha value is -1.12. The molecule has 0 aliphatic heterocycles. The van der Waals surface area contributed by atoms with Crippen molar-refractivity contribution >= 4 is 6.08 Å². The van der Waals surface area contributed by atoms with Crippen molar-refractivity contribution in [3.05, 3.63) is 42.0 Å².